The largest absolute Gasteiger partial charge is 0.234 e. The van der Waals surface area contributed by atoms with Gasteiger partial charge in [0.25, 0.3) is 0 Å². The fourth-order valence-electron chi connectivity index (χ4n) is 0.948. The Morgan fingerprint density at radius 2 is 2.33 bits per heavy atom. The first kappa shape index (κ1) is 7.77. The van der Waals surface area contributed by atoms with Gasteiger partial charge in [0, 0.05) is 16.0 Å². The van der Waals surface area contributed by atoms with Crippen LogP contribution in [-0.4, -0.2) is 4.98 Å². The van der Waals surface area contributed by atoms with E-state index >= 15 is 0 Å². The van der Waals surface area contributed by atoms with Crippen LogP contribution in [0.5, 0.6) is 0 Å². The Kier molecular flexibility index (Phi) is 2.11. The van der Waals surface area contributed by atoms with E-state index in [1.165, 1.54) is 0 Å². The number of halogens is 1. The Hall–Kier alpha value is -0.860. The lowest BCUT2D eigenvalue weighted by Crippen LogP contribution is -1.73. The molecule has 0 aliphatic heterocycles. The Morgan fingerprint density at radius 1 is 1.42 bits per heavy atom. The smallest absolute Gasteiger partial charge is 0.124 e. The molecule has 1 aromatic carbocycles. The lowest BCUT2D eigenvalue weighted by molar-refractivity contribution is 1.40. The number of rotatable bonds is 1. The molecule has 12 heavy (non-hydrogen) atoms. The molecule has 3 heteroatoms. The summed E-state index contributed by atoms with van der Waals surface area (Å²) >= 11 is 7.39. The molecule has 1 aromatic heterocycles. The molecule has 0 aliphatic rings. The molecule has 0 aliphatic carbocycles. The molecule has 1 heterocycles. The van der Waals surface area contributed by atoms with E-state index in [1.807, 2.05) is 29.6 Å². The molecule has 0 unspecified atom stereocenters. The van der Waals surface area contributed by atoms with Crippen molar-refractivity contribution in [2.75, 3.05) is 0 Å². The van der Waals surface area contributed by atoms with Gasteiger partial charge in [-0.05, 0) is 12.1 Å². The number of benzene rings is 1. The van der Waals surface area contributed by atoms with Gasteiger partial charge in [-0.15, -0.1) is 11.3 Å². The van der Waals surface area contributed by atoms with Crippen molar-refractivity contribution in [3.05, 3.63) is 40.9 Å². The van der Waals surface area contributed by atoms with E-state index in [2.05, 4.69) is 11.2 Å². The summed E-state index contributed by atoms with van der Waals surface area (Å²) in [4.78, 5) is 4.06. The van der Waals surface area contributed by atoms with Crippen molar-refractivity contribution in [2.45, 2.75) is 0 Å². The van der Waals surface area contributed by atoms with Crippen molar-refractivity contribution in [1.82, 2.24) is 4.98 Å². The van der Waals surface area contributed by atoms with Crippen molar-refractivity contribution in [3.8, 4) is 10.6 Å². The minimum Gasteiger partial charge on any atom is -0.234 e. The summed E-state index contributed by atoms with van der Waals surface area (Å²) < 4.78 is 0. The molecular formula is C9H5ClNS. The average Bonchev–Trinajstić information content (AvgIpc) is 2.56. The second kappa shape index (κ2) is 3.25. The fraction of sp³-hybridized carbons (Fsp3) is 0. The molecule has 0 amide bonds. The van der Waals surface area contributed by atoms with Crippen molar-refractivity contribution in [2.24, 2.45) is 0 Å². The predicted octanol–water partition coefficient (Wildman–Crippen LogP) is 3.26. The topological polar surface area (TPSA) is 12.9 Å². The molecule has 0 bridgehead atoms. The third-order valence-electron chi connectivity index (χ3n) is 1.46. The number of hydrogen-bond acceptors (Lipinski definition) is 2. The van der Waals surface area contributed by atoms with Crippen LogP contribution in [0.15, 0.2) is 29.6 Å². The predicted molar refractivity (Wildman–Crippen MR) is 51.4 cm³/mol. The second-order valence-electron chi connectivity index (χ2n) is 2.29. The van der Waals surface area contributed by atoms with E-state index in [0.717, 1.165) is 15.6 Å². The van der Waals surface area contributed by atoms with E-state index < -0.39 is 0 Å². The van der Waals surface area contributed by atoms with Gasteiger partial charge >= 0.3 is 0 Å². The number of aromatic nitrogens is 1. The van der Waals surface area contributed by atoms with Gasteiger partial charge < -0.3 is 0 Å². The first-order valence-corrected chi connectivity index (χ1v) is 4.69. The van der Waals surface area contributed by atoms with E-state index in [4.69, 9.17) is 11.6 Å². The van der Waals surface area contributed by atoms with Gasteiger partial charge in [-0.2, -0.15) is 0 Å². The highest BCUT2D eigenvalue weighted by atomic mass is 35.5. The van der Waals surface area contributed by atoms with Crippen LogP contribution in [0, 0.1) is 6.20 Å². The summed E-state index contributed by atoms with van der Waals surface area (Å²) in [5, 5.41) is 3.52. The highest BCUT2D eigenvalue weighted by molar-refractivity contribution is 7.13. The van der Waals surface area contributed by atoms with Gasteiger partial charge in [0.1, 0.15) is 11.2 Å². The summed E-state index contributed by atoms with van der Waals surface area (Å²) in [6.45, 7) is 0. The summed E-state index contributed by atoms with van der Waals surface area (Å²) in [5.74, 6) is 0. The zero-order chi connectivity index (χ0) is 8.39. The molecular weight excluding hydrogens is 190 g/mol. The van der Waals surface area contributed by atoms with Crippen molar-refractivity contribution >= 4 is 22.9 Å². The van der Waals surface area contributed by atoms with Gasteiger partial charge in [0.2, 0.25) is 0 Å². The van der Waals surface area contributed by atoms with Crippen LogP contribution in [0.3, 0.4) is 0 Å². The second-order valence-corrected chi connectivity index (χ2v) is 3.59. The normalized spacial score (nSPS) is 10.1. The van der Waals surface area contributed by atoms with Gasteiger partial charge in [-0.3, -0.25) is 0 Å². The highest BCUT2D eigenvalue weighted by Crippen LogP contribution is 2.23. The van der Waals surface area contributed by atoms with E-state index in [1.54, 1.807) is 11.3 Å². The molecule has 1 nitrogen and oxygen atoms in total. The maximum atomic E-state index is 5.83. The van der Waals surface area contributed by atoms with Gasteiger partial charge in [-0.25, -0.2) is 4.98 Å². The quantitative estimate of drug-likeness (QED) is 0.679. The summed E-state index contributed by atoms with van der Waals surface area (Å²) in [6, 6.07) is 7.65. The van der Waals surface area contributed by atoms with Gasteiger partial charge in [-0.1, -0.05) is 23.7 Å². The molecule has 0 fully saturated rings. The highest BCUT2D eigenvalue weighted by Gasteiger charge is 1.99. The van der Waals surface area contributed by atoms with Crippen molar-refractivity contribution in [3.63, 3.8) is 0 Å². The molecule has 2 rings (SSSR count). The van der Waals surface area contributed by atoms with Crippen LogP contribution in [0.1, 0.15) is 0 Å². The van der Waals surface area contributed by atoms with Crippen molar-refractivity contribution in [1.29, 1.82) is 0 Å². The molecule has 0 saturated heterocycles. The zero-order valence-electron chi connectivity index (χ0n) is 6.12. The molecule has 0 spiro atoms. The number of thiazole rings is 1. The number of nitrogens with zero attached hydrogens (tertiary/aromatic N) is 1. The van der Waals surface area contributed by atoms with Crippen LogP contribution >= 0.6 is 22.9 Å². The monoisotopic (exact) mass is 194 g/mol. The summed E-state index contributed by atoms with van der Waals surface area (Å²) in [5.41, 5.74) is 1.05. The first-order valence-electron chi connectivity index (χ1n) is 3.44. The fourth-order valence-corrected chi connectivity index (χ4v) is 1.72. The van der Waals surface area contributed by atoms with Crippen LogP contribution in [0.25, 0.3) is 10.6 Å². The maximum absolute atomic E-state index is 5.83. The van der Waals surface area contributed by atoms with Gasteiger partial charge in [0.15, 0.2) is 0 Å². The van der Waals surface area contributed by atoms with Crippen molar-refractivity contribution < 1.29 is 0 Å². The molecule has 0 saturated carbocycles. The Labute approximate surface area is 79.7 Å². The van der Waals surface area contributed by atoms with Crippen LogP contribution < -0.4 is 0 Å². The SMILES string of the molecule is Clc1cccc(-c2n[c]cs2)c1. The lowest BCUT2D eigenvalue weighted by Gasteiger charge is -1.94. The maximum Gasteiger partial charge on any atom is 0.124 e. The molecule has 0 N–H and O–H groups in total. The van der Waals surface area contributed by atoms with Crippen LogP contribution in [0.4, 0.5) is 0 Å². The molecule has 2 aromatic rings. The molecule has 0 atom stereocenters. The summed E-state index contributed by atoms with van der Waals surface area (Å²) in [7, 11) is 0. The Balaban J connectivity index is 2.48. The first-order chi connectivity index (χ1) is 5.86. The Bertz CT molecular complexity index is 370. The zero-order valence-corrected chi connectivity index (χ0v) is 7.69. The average molecular weight is 195 g/mol. The van der Waals surface area contributed by atoms with E-state index in [0.29, 0.717) is 0 Å². The molecule has 1 radical (unpaired) electrons. The van der Waals surface area contributed by atoms with Crippen LogP contribution in [-0.2, 0) is 0 Å². The van der Waals surface area contributed by atoms with Gasteiger partial charge in [0.05, 0.1) is 0 Å². The Morgan fingerprint density at radius 3 is 3.00 bits per heavy atom. The minimum atomic E-state index is 0.739. The molecule has 59 valence electrons. The number of hydrogen-bond donors (Lipinski definition) is 0. The van der Waals surface area contributed by atoms with E-state index in [-0.39, 0.29) is 0 Å². The summed E-state index contributed by atoms with van der Waals surface area (Å²) in [6.07, 6.45) is 2.77. The van der Waals surface area contributed by atoms with Crippen LogP contribution in [0.2, 0.25) is 5.02 Å². The van der Waals surface area contributed by atoms with E-state index in [9.17, 15) is 0 Å². The minimum absolute atomic E-state index is 0.739. The lowest BCUT2D eigenvalue weighted by atomic mass is 10.2. The third kappa shape index (κ3) is 1.49. The standard InChI is InChI=1S/C9H5ClNS/c10-8-3-1-2-7(6-8)9-11-4-5-12-9/h1-3,5-6H. The third-order valence-corrected chi connectivity index (χ3v) is 2.47.